The van der Waals surface area contributed by atoms with E-state index < -0.39 is 29.8 Å². The molecule has 0 fully saturated rings. The molecule has 0 spiro atoms. The number of carboxylic acids is 5. The van der Waals surface area contributed by atoms with E-state index in [0.29, 0.717) is 13.1 Å². The van der Waals surface area contributed by atoms with Crippen molar-refractivity contribution in [2.45, 2.75) is 34.6 Å². The third kappa shape index (κ3) is 1090. The number of aliphatic carboxylic acids is 5. The summed E-state index contributed by atoms with van der Waals surface area (Å²) in [6, 6.07) is 0. The number of rotatable bonds is 4. The summed E-state index contributed by atoms with van der Waals surface area (Å²) in [5.74, 6) is -5.42. The van der Waals surface area contributed by atoms with Crippen molar-refractivity contribution in [1.29, 1.82) is 0 Å². The zero-order chi connectivity index (χ0) is 23.4. The van der Waals surface area contributed by atoms with E-state index in [4.69, 9.17) is 61.0 Å². The molecule has 0 rings (SSSR count). The number of carbonyl (C=O) groups is 5. The first-order valence-electron chi connectivity index (χ1n) is 7.06. The fraction of sp³-hybridized carbons (Fsp3) is 0.643. The molecule has 0 aliphatic carbocycles. The Balaban J connectivity index is -0.0000000211. The van der Waals surface area contributed by atoms with Crippen LogP contribution in [0.5, 0.6) is 0 Å². The zero-order valence-electron chi connectivity index (χ0n) is 19.8. The van der Waals surface area contributed by atoms with E-state index >= 15 is 0 Å². The van der Waals surface area contributed by atoms with Gasteiger partial charge >= 0.3 is 108 Å². The Labute approximate surface area is 262 Å². The van der Waals surface area contributed by atoms with E-state index in [1.807, 2.05) is 0 Å². The van der Waals surface area contributed by atoms with Crippen molar-refractivity contribution in [2.24, 2.45) is 11.5 Å². The van der Waals surface area contributed by atoms with Crippen LogP contribution in [0.15, 0.2) is 0 Å². The summed E-state index contributed by atoms with van der Waals surface area (Å²) in [6.07, 6.45) is 0. The van der Waals surface area contributed by atoms with Crippen molar-refractivity contribution in [3.8, 4) is 0 Å². The number of hydrogen-bond donors (Lipinski definition) is 3. The Bertz CT molecular complexity index is 303. The fourth-order valence-electron chi connectivity index (χ4n) is 0.329. The van der Waals surface area contributed by atoms with Crippen LogP contribution in [-0.2, 0) is 43.5 Å². The molecule has 0 aliphatic heterocycles. The minimum absolute atomic E-state index is 0. The molecule has 0 amide bonds. The fourth-order valence-corrected chi connectivity index (χ4v) is 0.329. The summed E-state index contributed by atoms with van der Waals surface area (Å²) in [4.78, 5) is 44.4. The van der Waals surface area contributed by atoms with Crippen molar-refractivity contribution < 1.29 is 158 Å². The topological polar surface area (TPSA) is 265 Å². The van der Waals surface area contributed by atoms with E-state index in [0.717, 1.165) is 47.7 Å². The normalized spacial score (nSPS) is 6.16. The molecular formula is C14H28N3Na3O10Zn. The van der Waals surface area contributed by atoms with Crippen LogP contribution < -0.4 is 131 Å². The third-order valence-corrected chi connectivity index (χ3v) is 0.642. The van der Waals surface area contributed by atoms with E-state index in [1.165, 1.54) is 0 Å². The molecule has 0 saturated carbocycles. The summed E-state index contributed by atoms with van der Waals surface area (Å²) >= 11 is 0. The average Bonchev–Trinajstić information content (AvgIpc) is 2.35. The van der Waals surface area contributed by atoms with Crippen LogP contribution in [0.3, 0.4) is 0 Å². The predicted molar refractivity (Wildman–Crippen MR) is 84.4 cm³/mol. The maximum Gasteiger partial charge on any atom is 2.00 e. The summed E-state index contributed by atoms with van der Waals surface area (Å²) in [5.41, 5.74) is 10.3. The van der Waals surface area contributed by atoms with Gasteiger partial charge in [0.15, 0.2) is 0 Å². The third-order valence-electron chi connectivity index (χ3n) is 0.642. The number of carbonyl (C=O) groups excluding carboxylic acids is 5. The molecule has 0 saturated heterocycles. The molecule has 0 aromatic carbocycles. The van der Waals surface area contributed by atoms with Crippen LogP contribution in [0.2, 0.25) is 0 Å². The van der Waals surface area contributed by atoms with Gasteiger partial charge in [-0.05, 0) is 34.6 Å². The minimum Gasteiger partial charge on any atom is -0.550 e. The van der Waals surface area contributed by atoms with Crippen LogP contribution in [0, 0.1) is 0 Å². The molecule has 31 heavy (non-hydrogen) atoms. The van der Waals surface area contributed by atoms with Crippen LogP contribution in [0.4, 0.5) is 0 Å². The number of nitrogens with two attached hydrogens (primary N) is 2. The summed E-state index contributed by atoms with van der Waals surface area (Å²) in [7, 11) is 0. The summed E-state index contributed by atoms with van der Waals surface area (Å²) in [6.45, 7) is 7.99. The molecule has 0 atom stereocenters. The van der Waals surface area contributed by atoms with Gasteiger partial charge in [-0.1, -0.05) is 0 Å². The number of hydrogen-bond acceptors (Lipinski definition) is 13. The molecule has 164 valence electrons. The summed E-state index contributed by atoms with van der Waals surface area (Å²) < 4.78 is 0. The van der Waals surface area contributed by atoms with E-state index in [9.17, 15) is 0 Å². The molecule has 0 aliphatic rings. The predicted octanol–water partition coefficient (Wildman–Crippen LogP) is -16.7. The molecule has 17 heteroatoms. The maximum atomic E-state index is 8.89. The summed E-state index contributed by atoms with van der Waals surface area (Å²) in [5, 5.41) is 47.5. The molecular weight excluding hydrogens is 505 g/mol. The molecule has 0 unspecified atom stereocenters. The molecule has 0 aromatic heterocycles. The van der Waals surface area contributed by atoms with Gasteiger partial charge in [0.1, 0.15) is 0 Å². The van der Waals surface area contributed by atoms with E-state index in [2.05, 4.69) is 5.32 Å². The van der Waals surface area contributed by atoms with Gasteiger partial charge in [0, 0.05) is 56.0 Å². The van der Waals surface area contributed by atoms with E-state index in [-0.39, 0.29) is 108 Å². The minimum atomic E-state index is -1.08. The SMILES string of the molecule is CC(=O)[O-].CC(=O)[O-].CC(=O)[O-].CC(=O)[O-].CC(=O)[O-].NCCNCCN.[Na+].[Na+].[Na+].[Zn+2]. The Hall–Kier alpha value is 0.853. The molecule has 0 aromatic rings. The van der Waals surface area contributed by atoms with E-state index in [1.54, 1.807) is 0 Å². The van der Waals surface area contributed by atoms with Crippen molar-refractivity contribution in [1.82, 2.24) is 5.32 Å². The molecule has 13 nitrogen and oxygen atoms in total. The first-order chi connectivity index (χ1) is 12.1. The second-order valence-electron chi connectivity index (χ2n) is 3.79. The van der Waals surface area contributed by atoms with Gasteiger partial charge in [0.25, 0.3) is 0 Å². The number of carboxylic acid groups (broad SMARTS) is 5. The monoisotopic (exact) mass is 531 g/mol. The van der Waals surface area contributed by atoms with Gasteiger partial charge in [-0.3, -0.25) is 0 Å². The molecule has 5 N–H and O–H groups in total. The largest absolute Gasteiger partial charge is 2.00 e. The smallest absolute Gasteiger partial charge is 0.550 e. The van der Waals surface area contributed by atoms with Gasteiger partial charge in [-0.25, -0.2) is 0 Å². The van der Waals surface area contributed by atoms with Crippen molar-refractivity contribution >= 4 is 29.8 Å². The number of nitrogens with one attached hydrogen (secondary N) is 1. The molecule has 0 radical (unpaired) electrons. The average molecular weight is 533 g/mol. The van der Waals surface area contributed by atoms with Crippen LogP contribution >= 0.6 is 0 Å². The Kier molecular flexibility index (Phi) is 130. The Morgan fingerprint density at radius 2 is 0.645 bits per heavy atom. The zero-order valence-corrected chi connectivity index (χ0v) is 28.7. The van der Waals surface area contributed by atoms with Gasteiger partial charge < -0.3 is 66.3 Å². The van der Waals surface area contributed by atoms with Gasteiger partial charge in [-0.2, -0.15) is 0 Å². The first-order valence-corrected chi connectivity index (χ1v) is 7.06. The van der Waals surface area contributed by atoms with Crippen LogP contribution in [0.25, 0.3) is 0 Å². The Morgan fingerprint density at radius 1 is 0.548 bits per heavy atom. The Morgan fingerprint density at radius 3 is 0.710 bits per heavy atom. The van der Waals surface area contributed by atoms with Crippen LogP contribution in [0.1, 0.15) is 34.6 Å². The second-order valence-corrected chi connectivity index (χ2v) is 3.79. The van der Waals surface area contributed by atoms with Crippen LogP contribution in [-0.4, -0.2) is 56.0 Å². The standard InChI is InChI=1S/C4H13N3.5C2H4O2.3Na.Zn/c5-1-3-7-4-2-6;5*1-2(3)4;;;;/h7H,1-6H2;5*1H3,(H,3,4);;;;/q;;;;;;3*+1;+2/p-5. The van der Waals surface area contributed by atoms with Crippen molar-refractivity contribution in [3.63, 3.8) is 0 Å². The van der Waals surface area contributed by atoms with Gasteiger partial charge in [0.2, 0.25) is 0 Å². The van der Waals surface area contributed by atoms with Gasteiger partial charge in [0.05, 0.1) is 0 Å². The molecule has 0 heterocycles. The molecule has 0 bridgehead atoms. The van der Waals surface area contributed by atoms with Crippen molar-refractivity contribution in [2.75, 3.05) is 26.2 Å². The maximum absolute atomic E-state index is 8.89. The van der Waals surface area contributed by atoms with Crippen molar-refractivity contribution in [3.05, 3.63) is 0 Å². The van der Waals surface area contributed by atoms with Gasteiger partial charge in [-0.15, -0.1) is 0 Å². The second kappa shape index (κ2) is 63.2. The first kappa shape index (κ1) is 63.5. The quantitative estimate of drug-likeness (QED) is 0.224.